The maximum absolute atomic E-state index is 13.0. The van der Waals surface area contributed by atoms with E-state index in [1.807, 2.05) is 0 Å². The predicted octanol–water partition coefficient (Wildman–Crippen LogP) is 4.60. The van der Waals surface area contributed by atoms with Crippen molar-refractivity contribution in [3.05, 3.63) is 34.6 Å². The van der Waals surface area contributed by atoms with Gasteiger partial charge in [-0.15, -0.1) is 0 Å². The Bertz CT molecular complexity index is 385. The second-order valence-electron chi connectivity index (χ2n) is 2.52. The van der Waals surface area contributed by atoms with Crippen molar-refractivity contribution in [3.63, 3.8) is 0 Å². The van der Waals surface area contributed by atoms with Gasteiger partial charge in [-0.3, -0.25) is 0 Å². The monoisotopic (exact) mass is 298 g/mol. The van der Waals surface area contributed by atoms with Crippen molar-refractivity contribution in [1.82, 2.24) is 0 Å². The largest absolute Gasteiger partial charge is 0.327 e. The molecule has 0 amide bonds. The first kappa shape index (κ1) is 13.9. The highest BCUT2D eigenvalue weighted by molar-refractivity contribution is 8.00. The van der Waals surface area contributed by atoms with E-state index in [2.05, 4.69) is 4.52 Å². The third kappa shape index (κ3) is 2.74. The Morgan fingerprint density at radius 3 is 1.56 bits per heavy atom. The first-order valence-electron chi connectivity index (χ1n) is 3.61. The molecule has 0 aliphatic carbocycles. The Morgan fingerprint density at radius 1 is 0.812 bits per heavy atom. The van der Waals surface area contributed by atoms with Gasteiger partial charge in [-0.2, -0.15) is 0 Å². The Balaban J connectivity index is 3.18. The van der Waals surface area contributed by atoms with Gasteiger partial charge in [0.1, 0.15) is 0 Å². The molecule has 0 fully saturated rings. The number of benzene rings is 1. The van der Waals surface area contributed by atoms with E-state index in [-0.39, 0.29) is 0 Å². The summed E-state index contributed by atoms with van der Waals surface area (Å²) in [6, 6.07) is 0. The van der Waals surface area contributed by atoms with Crippen LogP contribution in [0.4, 0.5) is 22.0 Å². The van der Waals surface area contributed by atoms with Crippen molar-refractivity contribution in [2.45, 2.75) is 6.61 Å². The molecule has 0 unspecified atom stereocenters. The topological polar surface area (TPSA) is 9.23 Å². The Labute approximate surface area is 97.5 Å². The van der Waals surface area contributed by atoms with Crippen LogP contribution in [0.1, 0.15) is 5.56 Å². The van der Waals surface area contributed by atoms with E-state index >= 15 is 0 Å². The lowest BCUT2D eigenvalue weighted by Gasteiger charge is -2.08. The highest BCUT2D eigenvalue weighted by atomic mass is 35.9. The quantitative estimate of drug-likeness (QED) is 0.343. The predicted molar refractivity (Wildman–Crippen MR) is 49.6 cm³/mol. The van der Waals surface area contributed by atoms with Crippen molar-refractivity contribution >= 4 is 29.3 Å². The van der Waals surface area contributed by atoms with Gasteiger partial charge in [0.15, 0.2) is 23.3 Å². The lowest BCUT2D eigenvalue weighted by Crippen LogP contribution is -2.07. The normalized spacial score (nSPS) is 11.2. The molecule has 0 spiro atoms. The third-order valence-corrected chi connectivity index (χ3v) is 2.52. The van der Waals surface area contributed by atoms with E-state index in [1.165, 1.54) is 0 Å². The molecule has 90 valence electrons. The second kappa shape index (κ2) is 5.45. The van der Waals surface area contributed by atoms with Gasteiger partial charge in [0.25, 0.3) is 0 Å². The van der Waals surface area contributed by atoms with Gasteiger partial charge in [-0.25, -0.2) is 22.0 Å². The summed E-state index contributed by atoms with van der Waals surface area (Å²) in [5, 5.41) is 0. The van der Waals surface area contributed by atoms with Gasteiger partial charge in [0.2, 0.25) is 12.7 Å². The minimum Gasteiger partial charge on any atom is -0.327 e. The average Bonchev–Trinajstić information content (AvgIpc) is 2.23. The Kier molecular flexibility index (Phi) is 4.73. The summed E-state index contributed by atoms with van der Waals surface area (Å²) in [6.07, 6.45) is 0. The van der Waals surface area contributed by atoms with Crippen molar-refractivity contribution < 1.29 is 26.5 Å². The molecule has 0 radical (unpaired) electrons. The van der Waals surface area contributed by atoms with Crippen LogP contribution in [-0.4, -0.2) is 0 Å². The lowest BCUT2D eigenvalue weighted by molar-refractivity contribution is 0.311. The van der Waals surface area contributed by atoms with Crippen LogP contribution >= 0.6 is 29.3 Å². The molecule has 0 aliphatic heterocycles. The van der Waals surface area contributed by atoms with E-state index in [1.54, 1.807) is 0 Å². The standard InChI is InChI=1S/C7H2Cl2F5OP/c8-16(9)15-1-2-3(10)5(12)7(14)6(13)4(2)11/h1H2. The zero-order chi connectivity index (χ0) is 12.5. The van der Waals surface area contributed by atoms with Crippen LogP contribution in [0.3, 0.4) is 0 Å². The summed E-state index contributed by atoms with van der Waals surface area (Å²) in [5.41, 5.74) is -1.11. The molecular formula is C7H2Cl2F5OP. The highest BCUT2D eigenvalue weighted by Gasteiger charge is 2.25. The summed E-state index contributed by atoms with van der Waals surface area (Å²) in [5.74, 6) is -10.2. The van der Waals surface area contributed by atoms with Crippen LogP contribution < -0.4 is 0 Å². The first-order chi connectivity index (χ1) is 7.36. The molecular weight excluding hydrogens is 297 g/mol. The van der Waals surface area contributed by atoms with Crippen LogP contribution in [0.15, 0.2) is 0 Å². The van der Waals surface area contributed by atoms with Crippen molar-refractivity contribution in [3.8, 4) is 0 Å². The maximum atomic E-state index is 13.0. The van der Waals surface area contributed by atoms with Crippen LogP contribution in [-0.2, 0) is 11.1 Å². The molecule has 0 heterocycles. The smallest absolute Gasteiger partial charge is 0.225 e. The van der Waals surface area contributed by atoms with Gasteiger partial charge < -0.3 is 4.52 Å². The fourth-order valence-electron chi connectivity index (χ4n) is 0.890. The van der Waals surface area contributed by atoms with Gasteiger partial charge in [0.05, 0.1) is 12.2 Å². The molecule has 0 aliphatic rings. The molecule has 0 N–H and O–H groups in total. The molecule has 0 saturated carbocycles. The van der Waals surface area contributed by atoms with E-state index in [4.69, 9.17) is 22.5 Å². The molecule has 1 aromatic rings. The first-order valence-corrected chi connectivity index (χ1v) is 6.68. The van der Waals surface area contributed by atoms with E-state index in [9.17, 15) is 22.0 Å². The van der Waals surface area contributed by atoms with Gasteiger partial charge in [-0.05, 0) is 22.5 Å². The van der Waals surface area contributed by atoms with Gasteiger partial charge in [0, 0.05) is 0 Å². The zero-order valence-corrected chi connectivity index (χ0v) is 9.61. The van der Waals surface area contributed by atoms with E-state index < -0.39 is 48.1 Å². The summed E-state index contributed by atoms with van der Waals surface area (Å²) < 4.78 is 68.2. The zero-order valence-electron chi connectivity index (χ0n) is 7.21. The van der Waals surface area contributed by atoms with E-state index in [0.29, 0.717) is 0 Å². The molecule has 0 atom stereocenters. The minimum atomic E-state index is -2.22. The third-order valence-electron chi connectivity index (χ3n) is 1.61. The van der Waals surface area contributed by atoms with Crippen LogP contribution in [0.25, 0.3) is 0 Å². The molecule has 0 bridgehead atoms. The average molecular weight is 299 g/mol. The lowest BCUT2D eigenvalue weighted by atomic mass is 10.2. The molecule has 0 aromatic heterocycles. The molecule has 1 nitrogen and oxygen atoms in total. The van der Waals surface area contributed by atoms with Crippen molar-refractivity contribution in [2.75, 3.05) is 0 Å². The highest BCUT2D eigenvalue weighted by Crippen LogP contribution is 2.48. The summed E-state index contributed by atoms with van der Waals surface area (Å²) in [7, 11) is 0. The van der Waals surface area contributed by atoms with E-state index in [0.717, 1.165) is 0 Å². The fourth-order valence-corrected chi connectivity index (χ4v) is 1.41. The second-order valence-corrected chi connectivity index (χ2v) is 5.55. The SMILES string of the molecule is Fc1c(F)c(F)c(COP(Cl)Cl)c(F)c1F. The van der Waals surface area contributed by atoms with Crippen LogP contribution in [0.5, 0.6) is 0 Å². The summed E-state index contributed by atoms with van der Waals surface area (Å²) in [4.78, 5) is 0. The molecule has 1 rings (SSSR count). The molecule has 9 heteroatoms. The van der Waals surface area contributed by atoms with Crippen molar-refractivity contribution in [1.29, 1.82) is 0 Å². The molecule has 0 saturated heterocycles. The fraction of sp³-hybridized carbons (Fsp3) is 0.143. The minimum absolute atomic E-state index is 0.898. The van der Waals surface area contributed by atoms with Crippen LogP contribution in [0.2, 0.25) is 0 Å². The molecule has 16 heavy (non-hydrogen) atoms. The Hall–Kier alpha value is -0.160. The van der Waals surface area contributed by atoms with Crippen LogP contribution in [0, 0.1) is 29.1 Å². The number of hydrogen-bond acceptors (Lipinski definition) is 1. The van der Waals surface area contributed by atoms with Crippen molar-refractivity contribution in [2.24, 2.45) is 0 Å². The number of rotatable bonds is 3. The molecule has 1 aromatic carbocycles. The number of hydrogen-bond donors (Lipinski definition) is 0. The van der Waals surface area contributed by atoms with Gasteiger partial charge in [-0.1, -0.05) is 0 Å². The number of halogens is 7. The summed E-state index contributed by atoms with van der Waals surface area (Å²) in [6.45, 7) is -2.90. The summed E-state index contributed by atoms with van der Waals surface area (Å²) >= 11 is 10.3. The Morgan fingerprint density at radius 2 is 1.19 bits per heavy atom. The van der Waals surface area contributed by atoms with Gasteiger partial charge >= 0.3 is 0 Å². The maximum Gasteiger partial charge on any atom is 0.225 e.